The van der Waals surface area contributed by atoms with Crippen LogP contribution in [0.15, 0.2) is 24.3 Å². The van der Waals surface area contributed by atoms with Gasteiger partial charge in [0, 0.05) is 26.2 Å². The summed E-state index contributed by atoms with van der Waals surface area (Å²) in [5.74, 6) is 1.59. The number of ether oxygens (including phenoxy) is 1. The number of para-hydroxylation sites is 1. The molecule has 1 heterocycles. The number of hydrogen-bond acceptors (Lipinski definition) is 3. The number of benzene rings is 1. The predicted molar refractivity (Wildman–Crippen MR) is 84.7 cm³/mol. The quantitative estimate of drug-likeness (QED) is 0.874. The lowest BCUT2D eigenvalue weighted by atomic mass is 9.98. The molecule has 1 saturated heterocycles. The zero-order chi connectivity index (χ0) is 15.1. The van der Waals surface area contributed by atoms with E-state index in [2.05, 4.69) is 25.2 Å². The Balaban J connectivity index is 1.84. The third kappa shape index (κ3) is 4.46. The van der Waals surface area contributed by atoms with Gasteiger partial charge in [-0.3, -0.25) is 4.79 Å². The number of rotatable bonds is 6. The van der Waals surface area contributed by atoms with Crippen LogP contribution in [0.5, 0.6) is 5.75 Å². The van der Waals surface area contributed by atoms with E-state index < -0.39 is 0 Å². The third-order valence-corrected chi connectivity index (χ3v) is 4.11. The molecule has 0 saturated carbocycles. The summed E-state index contributed by atoms with van der Waals surface area (Å²) < 4.78 is 5.86. The molecule has 1 N–H and O–H groups in total. The van der Waals surface area contributed by atoms with Crippen molar-refractivity contribution in [2.75, 3.05) is 32.8 Å². The number of nitrogens with one attached hydrogen (secondary N) is 1. The molecule has 0 spiro atoms. The van der Waals surface area contributed by atoms with Crippen molar-refractivity contribution in [3.8, 4) is 5.75 Å². The summed E-state index contributed by atoms with van der Waals surface area (Å²) >= 11 is 0. The maximum Gasteiger partial charge on any atom is 0.226 e. The number of carbonyl (C=O) groups excluding carboxylic acids is 1. The molecule has 1 unspecified atom stereocenters. The van der Waals surface area contributed by atoms with Crippen molar-refractivity contribution in [3.63, 3.8) is 0 Å². The highest BCUT2D eigenvalue weighted by Crippen LogP contribution is 2.28. The van der Waals surface area contributed by atoms with E-state index in [0.29, 0.717) is 18.9 Å². The maximum absolute atomic E-state index is 12.1. The largest absolute Gasteiger partial charge is 0.493 e. The van der Waals surface area contributed by atoms with Gasteiger partial charge in [-0.2, -0.15) is 0 Å². The SMILES string of the molecule is CCC(C)c1ccccc1OCCC(=O)N1CCNCC1. The Morgan fingerprint density at radius 2 is 2.05 bits per heavy atom. The minimum Gasteiger partial charge on any atom is -0.493 e. The summed E-state index contributed by atoms with van der Waals surface area (Å²) in [7, 11) is 0. The molecular formula is C17H26N2O2. The normalized spacial score (nSPS) is 16.6. The summed E-state index contributed by atoms with van der Waals surface area (Å²) in [4.78, 5) is 14.0. The van der Waals surface area contributed by atoms with E-state index in [1.165, 1.54) is 5.56 Å². The number of hydrogen-bond donors (Lipinski definition) is 1. The molecule has 1 fully saturated rings. The van der Waals surface area contributed by atoms with Crippen molar-refractivity contribution < 1.29 is 9.53 Å². The molecule has 0 bridgehead atoms. The van der Waals surface area contributed by atoms with Crippen LogP contribution < -0.4 is 10.1 Å². The highest BCUT2D eigenvalue weighted by Gasteiger charge is 2.16. The first-order valence-corrected chi connectivity index (χ1v) is 7.92. The highest BCUT2D eigenvalue weighted by molar-refractivity contribution is 5.76. The Labute approximate surface area is 127 Å². The van der Waals surface area contributed by atoms with Crippen LogP contribution in [0.25, 0.3) is 0 Å². The van der Waals surface area contributed by atoms with Gasteiger partial charge >= 0.3 is 0 Å². The fraction of sp³-hybridized carbons (Fsp3) is 0.588. The van der Waals surface area contributed by atoms with Crippen molar-refractivity contribution in [3.05, 3.63) is 29.8 Å². The Morgan fingerprint density at radius 1 is 1.33 bits per heavy atom. The van der Waals surface area contributed by atoms with E-state index in [4.69, 9.17) is 4.74 Å². The molecule has 1 atom stereocenters. The summed E-state index contributed by atoms with van der Waals surface area (Å²) in [6, 6.07) is 8.14. The monoisotopic (exact) mass is 290 g/mol. The Bertz CT molecular complexity index is 456. The molecule has 116 valence electrons. The minimum atomic E-state index is 0.192. The van der Waals surface area contributed by atoms with Gasteiger partial charge in [0.1, 0.15) is 5.75 Å². The maximum atomic E-state index is 12.1. The molecule has 1 aromatic carbocycles. The molecule has 0 aliphatic carbocycles. The number of piperazine rings is 1. The highest BCUT2D eigenvalue weighted by atomic mass is 16.5. The van der Waals surface area contributed by atoms with Gasteiger partial charge in [0.15, 0.2) is 0 Å². The second-order valence-corrected chi connectivity index (χ2v) is 5.58. The summed E-state index contributed by atoms with van der Waals surface area (Å²) in [6.45, 7) is 8.23. The van der Waals surface area contributed by atoms with Crippen LogP contribution in [0.2, 0.25) is 0 Å². The molecule has 0 radical (unpaired) electrons. The predicted octanol–water partition coefficient (Wildman–Crippen LogP) is 2.40. The number of nitrogens with zero attached hydrogens (tertiary/aromatic N) is 1. The first-order chi connectivity index (χ1) is 10.2. The minimum absolute atomic E-state index is 0.192. The molecule has 21 heavy (non-hydrogen) atoms. The van der Waals surface area contributed by atoms with E-state index in [0.717, 1.165) is 38.3 Å². The molecule has 1 aliphatic heterocycles. The van der Waals surface area contributed by atoms with E-state index in [-0.39, 0.29) is 5.91 Å². The first kappa shape index (κ1) is 15.8. The molecule has 1 aromatic rings. The Hall–Kier alpha value is -1.55. The van der Waals surface area contributed by atoms with Crippen molar-refractivity contribution in [1.82, 2.24) is 10.2 Å². The van der Waals surface area contributed by atoms with Crippen LogP contribution in [0.3, 0.4) is 0 Å². The molecular weight excluding hydrogens is 264 g/mol. The fourth-order valence-corrected chi connectivity index (χ4v) is 2.56. The van der Waals surface area contributed by atoms with E-state index in [9.17, 15) is 4.79 Å². The van der Waals surface area contributed by atoms with Gasteiger partial charge in [-0.1, -0.05) is 32.0 Å². The molecule has 1 aliphatic rings. The van der Waals surface area contributed by atoms with E-state index >= 15 is 0 Å². The first-order valence-electron chi connectivity index (χ1n) is 7.92. The molecule has 4 nitrogen and oxygen atoms in total. The van der Waals surface area contributed by atoms with Crippen molar-refractivity contribution >= 4 is 5.91 Å². The Kier molecular flexibility index (Phi) is 6.05. The lowest BCUT2D eigenvalue weighted by Gasteiger charge is -2.27. The van der Waals surface area contributed by atoms with Crippen LogP contribution in [0.1, 0.15) is 38.2 Å². The van der Waals surface area contributed by atoms with Gasteiger partial charge < -0.3 is 15.0 Å². The third-order valence-electron chi connectivity index (χ3n) is 4.11. The fourth-order valence-electron chi connectivity index (χ4n) is 2.56. The number of carbonyl (C=O) groups is 1. The average molecular weight is 290 g/mol. The van der Waals surface area contributed by atoms with Gasteiger partial charge in [-0.05, 0) is 24.0 Å². The van der Waals surface area contributed by atoms with Crippen molar-refractivity contribution in [1.29, 1.82) is 0 Å². The van der Waals surface area contributed by atoms with Gasteiger partial charge in [0.05, 0.1) is 13.0 Å². The summed E-state index contributed by atoms with van der Waals surface area (Å²) in [5, 5.41) is 3.25. The van der Waals surface area contributed by atoms with Crippen LogP contribution in [0, 0.1) is 0 Å². The van der Waals surface area contributed by atoms with Crippen LogP contribution in [-0.2, 0) is 4.79 Å². The second kappa shape index (κ2) is 8.03. The van der Waals surface area contributed by atoms with Crippen molar-refractivity contribution in [2.24, 2.45) is 0 Å². The Morgan fingerprint density at radius 3 is 2.76 bits per heavy atom. The van der Waals surface area contributed by atoms with Gasteiger partial charge in [0.2, 0.25) is 5.91 Å². The average Bonchev–Trinajstić information content (AvgIpc) is 2.55. The second-order valence-electron chi connectivity index (χ2n) is 5.58. The van der Waals surface area contributed by atoms with Crippen LogP contribution >= 0.6 is 0 Å². The lowest BCUT2D eigenvalue weighted by molar-refractivity contribution is -0.132. The molecule has 4 heteroatoms. The molecule has 0 aromatic heterocycles. The smallest absolute Gasteiger partial charge is 0.226 e. The zero-order valence-corrected chi connectivity index (χ0v) is 13.1. The van der Waals surface area contributed by atoms with E-state index in [1.54, 1.807) is 0 Å². The zero-order valence-electron chi connectivity index (χ0n) is 13.1. The summed E-state index contributed by atoms with van der Waals surface area (Å²) in [6.07, 6.45) is 1.54. The van der Waals surface area contributed by atoms with Gasteiger partial charge in [0.25, 0.3) is 0 Å². The van der Waals surface area contributed by atoms with E-state index in [1.807, 2.05) is 23.1 Å². The van der Waals surface area contributed by atoms with Crippen LogP contribution in [0.4, 0.5) is 0 Å². The lowest BCUT2D eigenvalue weighted by Crippen LogP contribution is -2.46. The molecule has 2 rings (SSSR count). The standard InChI is InChI=1S/C17H26N2O2/c1-3-14(2)15-6-4-5-7-16(15)21-13-8-17(20)19-11-9-18-10-12-19/h4-7,14,18H,3,8-13H2,1-2H3. The topological polar surface area (TPSA) is 41.6 Å². The van der Waals surface area contributed by atoms with Gasteiger partial charge in [-0.15, -0.1) is 0 Å². The molecule has 1 amide bonds. The van der Waals surface area contributed by atoms with Gasteiger partial charge in [-0.25, -0.2) is 0 Å². The summed E-state index contributed by atoms with van der Waals surface area (Å²) in [5.41, 5.74) is 1.23. The van der Waals surface area contributed by atoms with Crippen LogP contribution in [-0.4, -0.2) is 43.6 Å². The van der Waals surface area contributed by atoms with Crippen molar-refractivity contribution in [2.45, 2.75) is 32.6 Å². The number of amides is 1.